The predicted molar refractivity (Wildman–Crippen MR) is 20.4 cm³/mol. The van der Waals surface area contributed by atoms with E-state index in [2.05, 4.69) is 16.7 Å². The van der Waals surface area contributed by atoms with E-state index in [4.69, 9.17) is 0 Å². The molecule has 1 nitrogen and oxygen atoms in total. The standard InChI is InChI=1S/CH3BOS/c1-3-2-4/h1H3. The van der Waals surface area contributed by atoms with Crippen molar-refractivity contribution in [2.24, 2.45) is 0 Å². The molecule has 0 aliphatic heterocycles. The number of hydrogen-bond donors (Lipinski definition) is 0. The summed E-state index contributed by atoms with van der Waals surface area (Å²) >= 11 is 4.21. The summed E-state index contributed by atoms with van der Waals surface area (Å²) in [6.07, 6.45) is 1.21. The van der Waals surface area contributed by atoms with Gasteiger partial charge in [-0.3, -0.25) is 0 Å². The average Bonchev–Trinajstić information content (AvgIpc) is 1.37. The van der Waals surface area contributed by atoms with Crippen LogP contribution < -0.4 is 0 Å². The van der Waals surface area contributed by atoms with Gasteiger partial charge in [-0.2, -0.15) is 0 Å². The average molecular weight is 73.9 g/mol. The minimum absolute atomic E-state index is 1.21. The summed E-state index contributed by atoms with van der Waals surface area (Å²) in [5.74, 6) is 0. The van der Waals surface area contributed by atoms with E-state index in [0.717, 1.165) is 0 Å². The van der Waals surface area contributed by atoms with Gasteiger partial charge in [-0.1, -0.05) is 0 Å². The summed E-state index contributed by atoms with van der Waals surface area (Å²) in [5, 5.41) is 0. The van der Waals surface area contributed by atoms with E-state index in [-0.39, 0.29) is 0 Å². The summed E-state index contributed by atoms with van der Waals surface area (Å²) in [4.78, 5) is 0. The third kappa shape index (κ3) is 2.08. The maximum atomic E-state index is 4.23. The molecule has 0 saturated carbocycles. The Bertz CT molecular complexity index is 22.0. The van der Waals surface area contributed by atoms with Crippen molar-refractivity contribution in [3.05, 3.63) is 0 Å². The van der Waals surface area contributed by atoms with Crippen molar-refractivity contribution >= 4 is 18.4 Å². The molecule has 0 atom stereocenters. The second kappa shape index (κ2) is 3.08. The molecule has 0 aromatic rings. The Hall–Kier alpha value is 0.0849. The third-order valence-electron chi connectivity index (χ3n) is 0.0962. The second-order valence-electron chi connectivity index (χ2n) is 0.332. The van der Waals surface area contributed by atoms with Crippen molar-refractivity contribution < 1.29 is 4.65 Å². The summed E-state index contributed by atoms with van der Waals surface area (Å²) in [7, 11) is 1.52. The molecule has 0 unspecified atom stereocenters. The van der Waals surface area contributed by atoms with Gasteiger partial charge in [0.05, 0.1) is 0 Å². The normalized spacial score (nSPS) is 4.25. The molecule has 0 amide bonds. The molecule has 0 aliphatic rings. The molecular weight excluding hydrogens is 70.9 g/mol. The fourth-order valence-corrected chi connectivity index (χ4v) is 0. The first-order valence-corrected chi connectivity index (χ1v) is 1.35. The summed E-state index contributed by atoms with van der Waals surface area (Å²) < 4.78 is 4.23. The number of rotatable bonds is 1. The molecule has 0 fully saturated rings. The van der Waals surface area contributed by atoms with Gasteiger partial charge in [0.2, 0.25) is 0 Å². The maximum absolute atomic E-state index is 4.23. The van der Waals surface area contributed by atoms with Gasteiger partial charge < -0.3 is 0 Å². The Balaban J connectivity index is 2.30. The van der Waals surface area contributed by atoms with Crippen LogP contribution in [-0.2, 0) is 4.65 Å². The fourth-order valence-electron chi connectivity index (χ4n) is 0. The molecule has 0 aromatic heterocycles. The van der Waals surface area contributed by atoms with Gasteiger partial charge >= 0.3 is 30.2 Å². The van der Waals surface area contributed by atoms with Crippen molar-refractivity contribution in [1.82, 2.24) is 0 Å². The van der Waals surface area contributed by atoms with E-state index in [0.29, 0.717) is 0 Å². The van der Waals surface area contributed by atoms with Crippen LogP contribution in [0, 0.1) is 0 Å². The molecule has 0 bridgehead atoms. The van der Waals surface area contributed by atoms with Crippen LogP contribution in [0.15, 0.2) is 0 Å². The van der Waals surface area contributed by atoms with Gasteiger partial charge in [0, 0.05) is 0 Å². The Labute approximate surface area is 31.1 Å². The van der Waals surface area contributed by atoms with Crippen LogP contribution in [0.3, 0.4) is 0 Å². The topological polar surface area (TPSA) is 9.23 Å². The van der Waals surface area contributed by atoms with Crippen LogP contribution in [0.2, 0.25) is 0 Å². The Morgan fingerprint density at radius 1 is 2.00 bits per heavy atom. The van der Waals surface area contributed by atoms with Crippen molar-refractivity contribution in [2.45, 2.75) is 0 Å². The molecule has 0 heterocycles. The molecule has 3 heteroatoms. The third-order valence-corrected chi connectivity index (χ3v) is 0.289. The summed E-state index contributed by atoms with van der Waals surface area (Å²) in [6.45, 7) is 0. The van der Waals surface area contributed by atoms with Gasteiger partial charge in [0.25, 0.3) is 0 Å². The first kappa shape index (κ1) is 4.08. The molecule has 4 heavy (non-hydrogen) atoms. The van der Waals surface area contributed by atoms with E-state index >= 15 is 0 Å². The predicted octanol–water partition coefficient (Wildman–Crippen LogP) is 0.364. The zero-order valence-electron chi connectivity index (χ0n) is 2.39. The molecule has 0 spiro atoms. The molecule has 0 aromatic carbocycles. The van der Waals surface area contributed by atoms with Gasteiger partial charge in [0.15, 0.2) is 0 Å². The van der Waals surface area contributed by atoms with Crippen LogP contribution in [0.1, 0.15) is 0 Å². The quantitative estimate of drug-likeness (QED) is 0.415. The Kier molecular flexibility index (Phi) is 3.15. The molecule has 22 valence electrons. The zero-order valence-corrected chi connectivity index (χ0v) is 3.21. The van der Waals surface area contributed by atoms with Crippen LogP contribution in [0.25, 0.3) is 0 Å². The second-order valence-corrected chi connectivity index (χ2v) is 0.524. The van der Waals surface area contributed by atoms with E-state index in [9.17, 15) is 0 Å². The van der Waals surface area contributed by atoms with E-state index in [1.807, 2.05) is 0 Å². The molecule has 0 rings (SSSR count). The van der Waals surface area contributed by atoms with Gasteiger partial charge in [0.1, 0.15) is 0 Å². The van der Waals surface area contributed by atoms with Crippen LogP contribution in [0.5, 0.6) is 0 Å². The van der Waals surface area contributed by atoms with Crippen molar-refractivity contribution in [3.63, 3.8) is 0 Å². The van der Waals surface area contributed by atoms with E-state index in [1.54, 1.807) is 0 Å². The Morgan fingerprint density at radius 3 is 2.25 bits per heavy atom. The van der Waals surface area contributed by atoms with Crippen molar-refractivity contribution in [3.8, 4) is 0 Å². The first-order chi connectivity index (χ1) is 1.91. The van der Waals surface area contributed by atoms with Crippen molar-refractivity contribution in [2.75, 3.05) is 7.11 Å². The SMILES string of the molecule is COB=S. The minimum atomic E-state index is 1.21. The molecular formula is CH3BOS. The molecule has 0 aliphatic carbocycles. The van der Waals surface area contributed by atoms with Gasteiger partial charge in [-0.25, -0.2) is 0 Å². The fraction of sp³-hybridized carbons (Fsp3) is 1.00. The molecule has 0 N–H and O–H groups in total. The monoisotopic (exact) mass is 74.0 g/mol. The zero-order chi connectivity index (χ0) is 3.41. The molecule has 0 saturated heterocycles. The van der Waals surface area contributed by atoms with Crippen LogP contribution in [-0.4, -0.2) is 13.5 Å². The van der Waals surface area contributed by atoms with Gasteiger partial charge in [-0.05, 0) is 0 Å². The van der Waals surface area contributed by atoms with E-state index < -0.39 is 0 Å². The molecule has 0 radical (unpaired) electrons. The van der Waals surface area contributed by atoms with Gasteiger partial charge in [-0.15, -0.1) is 0 Å². The van der Waals surface area contributed by atoms with Crippen LogP contribution >= 0.6 is 12.1 Å². The first-order valence-electron chi connectivity index (χ1n) is 0.880. The Morgan fingerprint density at radius 2 is 2.25 bits per heavy atom. The summed E-state index contributed by atoms with van der Waals surface area (Å²) in [5.41, 5.74) is 0. The van der Waals surface area contributed by atoms with Crippen LogP contribution in [0.4, 0.5) is 0 Å². The van der Waals surface area contributed by atoms with E-state index in [1.165, 1.54) is 13.5 Å². The number of hydrogen-bond acceptors (Lipinski definition) is 2. The van der Waals surface area contributed by atoms with Crippen molar-refractivity contribution in [1.29, 1.82) is 0 Å². The summed E-state index contributed by atoms with van der Waals surface area (Å²) in [6, 6.07) is 0.